The summed E-state index contributed by atoms with van der Waals surface area (Å²) < 4.78 is 5.39. The number of benzene rings is 2. The molecule has 2 rings (SSSR count). The van der Waals surface area contributed by atoms with E-state index in [-0.39, 0.29) is 33.9 Å². The third-order valence-electron chi connectivity index (χ3n) is 2.02. The Bertz CT molecular complexity index is 512. The summed E-state index contributed by atoms with van der Waals surface area (Å²) in [6.07, 6.45) is 0. The van der Waals surface area contributed by atoms with Crippen molar-refractivity contribution in [1.82, 2.24) is 0 Å². The van der Waals surface area contributed by atoms with Crippen molar-refractivity contribution in [1.29, 1.82) is 0 Å². The van der Waals surface area contributed by atoms with Crippen LogP contribution >= 0.6 is 34.8 Å². The zero-order valence-corrected chi connectivity index (χ0v) is 12.5. The second-order valence-corrected chi connectivity index (χ2v) is 4.55. The summed E-state index contributed by atoms with van der Waals surface area (Å²) >= 11 is 17.4. The van der Waals surface area contributed by atoms with E-state index < -0.39 is 0 Å². The molecule has 0 saturated heterocycles. The molecule has 0 heterocycles. The molecule has 0 radical (unpaired) electrons. The molecular weight excluding hydrogens is 390 g/mol. The maximum absolute atomic E-state index is 11.5. The van der Waals surface area contributed by atoms with Gasteiger partial charge in [0.15, 0.2) is 0 Å². The van der Waals surface area contributed by atoms with Crippen LogP contribution in [0, 0.1) is 0 Å². The fourth-order valence-electron chi connectivity index (χ4n) is 1.24. The maximum Gasteiger partial charge on any atom is 1.00 e. The molecule has 0 aromatic heterocycles. The molecule has 2 aromatic rings. The molecule has 2 nitrogen and oxygen atoms in total. The summed E-state index contributed by atoms with van der Waals surface area (Å²) in [5, 5.41) is 12.7. The monoisotopic (exact) mass is 394 g/mol. The summed E-state index contributed by atoms with van der Waals surface area (Å²) in [6, 6.07) is 9.11. The minimum absolute atomic E-state index is 0. The van der Waals surface area contributed by atoms with Crippen LogP contribution in [0.2, 0.25) is 15.1 Å². The van der Waals surface area contributed by atoms with Gasteiger partial charge in [0.25, 0.3) is 0 Å². The van der Waals surface area contributed by atoms with Crippen molar-refractivity contribution in [2.45, 2.75) is 0 Å². The van der Waals surface area contributed by atoms with Gasteiger partial charge in [-0.3, -0.25) is 0 Å². The third-order valence-corrected chi connectivity index (χ3v) is 2.79. The molecule has 98 valence electrons. The van der Waals surface area contributed by atoms with Crippen molar-refractivity contribution in [3.8, 4) is 17.2 Å². The van der Waals surface area contributed by atoms with E-state index in [2.05, 4.69) is 0 Å². The minimum Gasteiger partial charge on any atom is -0.870 e. The van der Waals surface area contributed by atoms with Crippen LogP contribution in [0.25, 0.3) is 0 Å². The summed E-state index contributed by atoms with van der Waals surface area (Å²) in [5.74, 6) is 0.234. The molecule has 2 aromatic carbocycles. The first-order valence-electron chi connectivity index (χ1n) is 4.66. The summed E-state index contributed by atoms with van der Waals surface area (Å²) in [7, 11) is 0. The van der Waals surface area contributed by atoms with Crippen LogP contribution in [-0.4, -0.2) is 0 Å². The molecule has 0 amide bonds. The summed E-state index contributed by atoms with van der Waals surface area (Å²) in [4.78, 5) is 0. The van der Waals surface area contributed by atoms with Crippen molar-refractivity contribution < 1.29 is 32.2 Å². The van der Waals surface area contributed by atoms with Crippen molar-refractivity contribution in [3.63, 3.8) is 0 Å². The summed E-state index contributed by atoms with van der Waals surface area (Å²) in [5.41, 5.74) is 0. The Morgan fingerprint density at radius 2 is 1.39 bits per heavy atom. The Hall–Kier alpha value is -0.350. The van der Waals surface area contributed by atoms with Gasteiger partial charge >= 0.3 is 22.4 Å². The molecule has 0 atom stereocenters. The molecule has 0 fully saturated rings. The van der Waals surface area contributed by atoms with E-state index in [0.717, 1.165) is 0 Å². The Morgan fingerprint density at radius 1 is 0.833 bits per heavy atom. The van der Waals surface area contributed by atoms with Gasteiger partial charge in [-0.25, -0.2) is 0 Å². The second kappa shape index (κ2) is 6.71. The van der Waals surface area contributed by atoms with Crippen LogP contribution in [0.3, 0.4) is 0 Å². The molecule has 18 heavy (non-hydrogen) atoms. The van der Waals surface area contributed by atoms with Crippen LogP contribution in [0.15, 0.2) is 36.4 Å². The van der Waals surface area contributed by atoms with Crippen molar-refractivity contribution in [3.05, 3.63) is 51.5 Å². The topological polar surface area (TPSA) is 32.3 Å². The van der Waals surface area contributed by atoms with E-state index in [4.69, 9.17) is 39.5 Å². The standard InChI is InChI=1S/C12H7Cl3O2.Ag/c13-7-1-3-11(9(15)5-7)17-12-4-2-8(14)6-10(12)16;/h1-6,16H;/q;+1/p-1. The minimum atomic E-state index is -0.302. The molecular formula is C12H6AgCl3O2. The molecule has 0 aliphatic heterocycles. The molecule has 0 unspecified atom stereocenters. The van der Waals surface area contributed by atoms with Crippen LogP contribution < -0.4 is 9.84 Å². The molecule has 0 saturated carbocycles. The quantitative estimate of drug-likeness (QED) is 0.700. The number of hydrogen-bond donors (Lipinski definition) is 0. The van der Waals surface area contributed by atoms with Crippen molar-refractivity contribution in [2.75, 3.05) is 0 Å². The van der Waals surface area contributed by atoms with Gasteiger partial charge < -0.3 is 9.84 Å². The van der Waals surface area contributed by atoms with Gasteiger partial charge in [-0.2, -0.15) is 0 Å². The first-order chi connectivity index (χ1) is 8.06. The maximum atomic E-state index is 11.5. The van der Waals surface area contributed by atoms with Crippen LogP contribution in [-0.2, 0) is 22.4 Å². The Balaban J connectivity index is 0.00000162. The van der Waals surface area contributed by atoms with E-state index in [0.29, 0.717) is 20.8 Å². The average Bonchev–Trinajstić information content (AvgIpc) is 2.25. The predicted octanol–water partition coefficient (Wildman–Crippen LogP) is 4.51. The third kappa shape index (κ3) is 3.82. The molecule has 0 aliphatic rings. The van der Waals surface area contributed by atoms with E-state index in [1.807, 2.05) is 0 Å². The van der Waals surface area contributed by atoms with Crippen molar-refractivity contribution >= 4 is 34.8 Å². The zero-order valence-electron chi connectivity index (χ0n) is 8.72. The Labute approximate surface area is 135 Å². The normalized spacial score (nSPS) is 9.72. The number of hydrogen-bond acceptors (Lipinski definition) is 2. The van der Waals surface area contributed by atoms with Gasteiger partial charge in [-0.05, 0) is 36.4 Å². The SMILES string of the molecule is [Ag+].[O-]c1cc(Cl)ccc1Oc1ccc(Cl)cc1Cl. The van der Waals surface area contributed by atoms with Gasteiger partial charge in [0, 0.05) is 10.0 Å². The predicted molar refractivity (Wildman–Crippen MR) is 67.4 cm³/mol. The van der Waals surface area contributed by atoms with Gasteiger partial charge in [0.2, 0.25) is 0 Å². The van der Waals surface area contributed by atoms with E-state index in [1.54, 1.807) is 24.3 Å². The zero-order chi connectivity index (χ0) is 12.4. The largest absolute Gasteiger partial charge is 1.00 e. The Kier molecular flexibility index (Phi) is 5.86. The summed E-state index contributed by atoms with van der Waals surface area (Å²) in [6.45, 7) is 0. The van der Waals surface area contributed by atoms with Crippen LogP contribution in [0.4, 0.5) is 0 Å². The second-order valence-electron chi connectivity index (χ2n) is 3.27. The van der Waals surface area contributed by atoms with Crippen molar-refractivity contribution in [2.24, 2.45) is 0 Å². The van der Waals surface area contributed by atoms with Crippen LogP contribution in [0.1, 0.15) is 0 Å². The molecule has 0 N–H and O–H groups in total. The Morgan fingerprint density at radius 3 is 1.94 bits per heavy atom. The first-order valence-corrected chi connectivity index (χ1v) is 5.79. The van der Waals surface area contributed by atoms with E-state index in [9.17, 15) is 5.11 Å². The van der Waals surface area contributed by atoms with Gasteiger partial charge in [-0.1, -0.05) is 40.6 Å². The van der Waals surface area contributed by atoms with E-state index in [1.165, 1.54) is 12.1 Å². The van der Waals surface area contributed by atoms with Gasteiger partial charge in [-0.15, -0.1) is 0 Å². The number of rotatable bonds is 2. The number of halogens is 3. The smallest absolute Gasteiger partial charge is 0.870 e. The molecule has 0 spiro atoms. The van der Waals surface area contributed by atoms with Gasteiger partial charge in [0.05, 0.1) is 5.02 Å². The average molecular weight is 396 g/mol. The first kappa shape index (κ1) is 15.7. The van der Waals surface area contributed by atoms with Crippen LogP contribution in [0.5, 0.6) is 17.2 Å². The fourth-order valence-corrected chi connectivity index (χ4v) is 1.85. The molecule has 0 bridgehead atoms. The van der Waals surface area contributed by atoms with E-state index >= 15 is 0 Å². The van der Waals surface area contributed by atoms with Gasteiger partial charge in [0.1, 0.15) is 11.5 Å². The number of ether oxygens (including phenoxy) is 1. The molecule has 6 heteroatoms. The fraction of sp³-hybridized carbons (Fsp3) is 0. The molecule has 0 aliphatic carbocycles.